The van der Waals surface area contributed by atoms with Crippen LogP contribution in [-0.4, -0.2) is 46.6 Å². The van der Waals surface area contributed by atoms with Gasteiger partial charge in [0.1, 0.15) is 6.61 Å². The molecule has 2 aromatic carbocycles. The van der Waals surface area contributed by atoms with Crippen molar-refractivity contribution in [1.29, 1.82) is 0 Å². The number of nitrogens with zero attached hydrogens (tertiary/aromatic N) is 2. The summed E-state index contributed by atoms with van der Waals surface area (Å²) in [6.07, 6.45) is -0.613. The molecule has 0 unspecified atom stereocenters. The molecule has 9 heteroatoms. The van der Waals surface area contributed by atoms with Crippen molar-refractivity contribution in [3.63, 3.8) is 0 Å². The highest BCUT2D eigenvalue weighted by molar-refractivity contribution is 6.15. The fourth-order valence-electron chi connectivity index (χ4n) is 3.52. The monoisotopic (exact) mass is 377 g/mol. The number of nitrogens with one attached hydrogen (secondary N) is 3. The molecular formula is C19H15N5O4. The molecule has 140 valence electrons. The quantitative estimate of drug-likeness (QED) is 0.414. The summed E-state index contributed by atoms with van der Waals surface area (Å²) in [6, 6.07) is 9.44. The molecule has 0 radical (unpaired) electrons. The first kappa shape index (κ1) is 16.5. The Hall–Kier alpha value is -3.72. The van der Waals surface area contributed by atoms with Crippen LogP contribution in [0.2, 0.25) is 0 Å². The molecule has 1 aliphatic rings. The minimum absolute atomic E-state index is 0.154. The number of imidazole rings is 1. The van der Waals surface area contributed by atoms with Crippen molar-refractivity contribution in [2.75, 3.05) is 25.6 Å². The fraction of sp³-hybridized carbons (Fsp3) is 0.158. The number of rotatable bonds is 4. The van der Waals surface area contributed by atoms with Crippen LogP contribution in [-0.2, 0) is 9.47 Å². The summed E-state index contributed by atoms with van der Waals surface area (Å²) in [4.78, 5) is 31.4. The second-order valence-electron chi connectivity index (χ2n) is 6.38. The van der Waals surface area contributed by atoms with E-state index in [1.807, 2.05) is 24.3 Å². The standard InChI is InChI=1S/C19H15N5O4/c1-27-5-6-28-19(26)22-18-20-13-7-11-9-3-2-4-10-15(9)16(23-24-17(10)25)12(11)8-14(13)21-18/h2-4,7-8H,5-6H2,1H3,(H,24,25)(H2,20,21,22,26). The molecule has 28 heavy (non-hydrogen) atoms. The van der Waals surface area contributed by atoms with Gasteiger partial charge in [-0.25, -0.2) is 14.9 Å². The molecule has 0 fully saturated rings. The Balaban J connectivity index is 1.55. The third-order valence-corrected chi connectivity index (χ3v) is 4.72. The predicted molar refractivity (Wildman–Crippen MR) is 103 cm³/mol. The van der Waals surface area contributed by atoms with Gasteiger partial charge in [-0.2, -0.15) is 5.10 Å². The van der Waals surface area contributed by atoms with Crippen LogP contribution in [0.25, 0.3) is 44.2 Å². The average Bonchev–Trinajstić information content (AvgIpc) is 3.22. The molecule has 3 N–H and O–H groups in total. The minimum atomic E-state index is -0.613. The van der Waals surface area contributed by atoms with Crippen molar-refractivity contribution >= 4 is 33.8 Å². The number of fused-ring (bicyclic) bond motifs is 4. The highest BCUT2D eigenvalue weighted by Crippen LogP contribution is 2.46. The van der Waals surface area contributed by atoms with E-state index in [0.29, 0.717) is 17.5 Å². The third-order valence-electron chi connectivity index (χ3n) is 4.72. The maximum atomic E-state index is 12.1. The van der Waals surface area contributed by atoms with Crippen LogP contribution in [0, 0.1) is 0 Å². The van der Waals surface area contributed by atoms with Crippen LogP contribution < -0.4 is 10.9 Å². The highest BCUT2D eigenvalue weighted by Gasteiger charge is 2.25. The first-order chi connectivity index (χ1) is 13.7. The number of methoxy groups -OCH3 is 1. The molecule has 9 nitrogen and oxygen atoms in total. The Kier molecular flexibility index (Phi) is 3.63. The van der Waals surface area contributed by atoms with Gasteiger partial charge in [0.15, 0.2) is 0 Å². The number of carbonyl (C=O) groups is 1. The maximum absolute atomic E-state index is 12.1. The molecule has 5 rings (SSSR count). The summed E-state index contributed by atoms with van der Waals surface area (Å²) < 4.78 is 9.82. The van der Waals surface area contributed by atoms with Crippen molar-refractivity contribution < 1.29 is 14.3 Å². The van der Waals surface area contributed by atoms with Gasteiger partial charge in [-0.3, -0.25) is 10.1 Å². The summed E-state index contributed by atoms with van der Waals surface area (Å²) in [5, 5.41) is 10.8. The molecule has 0 spiro atoms. The molecule has 1 amide bonds. The molecule has 0 aliphatic heterocycles. The first-order valence-corrected chi connectivity index (χ1v) is 8.64. The van der Waals surface area contributed by atoms with Crippen LogP contribution in [0.5, 0.6) is 0 Å². The second kappa shape index (κ2) is 6.17. The van der Waals surface area contributed by atoms with Crippen LogP contribution in [0.4, 0.5) is 10.7 Å². The van der Waals surface area contributed by atoms with Gasteiger partial charge in [-0.15, -0.1) is 0 Å². The Morgan fingerprint density at radius 1 is 1.18 bits per heavy atom. The van der Waals surface area contributed by atoms with Gasteiger partial charge in [0.25, 0.3) is 5.56 Å². The normalized spacial score (nSPS) is 11.8. The predicted octanol–water partition coefficient (Wildman–Crippen LogP) is 2.64. The van der Waals surface area contributed by atoms with E-state index < -0.39 is 6.09 Å². The number of ether oxygens (including phenoxy) is 2. The lowest BCUT2D eigenvalue weighted by molar-refractivity contribution is 0.107. The Bertz CT molecular complexity index is 1260. The van der Waals surface area contributed by atoms with Crippen molar-refractivity contribution in [1.82, 2.24) is 20.2 Å². The average molecular weight is 377 g/mol. The van der Waals surface area contributed by atoms with Gasteiger partial charge < -0.3 is 14.5 Å². The van der Waals surface area contributed by atoms with E-state index in [4.69, 9.17) is 9.47 Å². The van der Waals surface area contributed by atoms with E-state index in [1.54, 1.807) is 6.07 Å². The summed E-state index contributed by atoms with van der Waals surface area (Å²) in [6.45, 7) is 0.474. The topological polar surface area (TPSA) is 122 Å². The van der Waals surface area contributed by atoms with E-state index in [9.17, 15) is 9.59 Å². The largest absolute Gasteiger partial charge is 0.447 e. The zero-order valence-corrected chi connectivity index (χ0v) is 14.8. The zero-order valence-electron chi connectivity index (χ0n) is 14.8. The molecule has 0 bridgehead atoms. The lowest BCUT2D eigenvalue weighted by atomic mass is 10.0. The van der Waals surface area contributed by atoms with Crippen molar-refractivity contribution in [3.05, 3.63) is 40.7 Å². The van der Waals surface area contributed by atoms with Gasteiger partial charge in [-0.05, 0) is 29.3 Å². The van der Waals surface area contributed by atoms with E-state index in [2.05, 4.69) is 25.5 Å². The smallest absolute Gasteiger partial charge is 0.414 e. The number of amides is 1. The molecule has 1 aliphatic carbocycles. The molecule has 0 saturated heterocycles. The Morgan fingerprint density at radius 2 is 2.07 bits per heavy atom. The van der Waals surface area contributed by atoms with Crippen LogP contribution in [0.1, 0.15) is 0 Å². The summed E-state index contributed by atoms with van der Waals surface area (Å²) in [5.74, 6) is 0.286. The first-order valence-electron chi connectivity index (χ1n) is 8.64. The van der Waals surface area contributed by atoms with Crippen molar-refractivity contribution in [2.45, 2.75) is 0 Å². The zero-order chi connectivity index (χ0) is 19.3. The maximum Gasteiger partial charge on any atom is 0.414 e. The van der Waals surface area contributed by atoms with Crippen LogP contribution in [0.3, 0.4) is 0 Å². The third kappa shape index (κ3) is 2.44. The van der Waals surface area contributed by atoms with Gasteiger partial charge in [0.05, 0.1) is 28.7 Å². The second-order valence-corrected chi connectivity index (χ2v) is 6.38. The van der Waals surface area contributed by atoms with Crippen LogP contribution in [0.15, 0.2) is 35.1 Å². The van der Waals surface area contributed by atoms with Gasteiger partial charge in [0.2, 0.25) is 5.95 Å². The number of H-pyrrole nitrogens is 2. The molecule has 0 saturated carbocycles. The Morgan fingerprint density at radius 3 is 2.93 bits per heavy atom. The van der Waals surface area contributed by atoms with E-state index in [0.717, 1.165) is 33.3 Å². The number of benzene rings is 2. The van der Waals surface area contributed by atoms with Crippen molar-refractivity contribution in [2.24, 2.45) is 0 Å². The molecule has 0 atom stereocenters. The summed E-state index contributed by atoms with van der Waals surface area (Å²) >= 11 is 0. The molecule has 4 aromatic rings. The SMILES string of the molecule is COCCOC(=O)Nc1nc2cc3c(cc2[nH]1)-c1cccc2c(=O)[nH]nc-3c12. The summed E-state index contributed by atoms with van der Waals surface area (Å²) in [7, 11) is 1.53. The molecule has 2 aromatic heterocycles. The molecule has 2 heterocycles. The van der Waals surface area contributed by atoms with E-state index >= 15 is 0 Å². The Labute approximate surface area is 157 Å². The van der Waals surface area contributed by atoms with E-state index in [1.165, 1.54) is 7.11 Å². The highest BCUT2D eigenvalue weighted by atomic mass is 16.6. The van der Waals surface area contributed by atoms with Crippen LogP contribution >= 0.6 is 0 Å². The van der Waals surface area contributed by atoms with Gasteiger partial charge in [-0.1, -0.05) is 12.1 Å². The fourth-order valence-corrected chi connectivity index (χ4v) is 3.52. The lowest BCUT2D eigenvalue weighted by Gasteiger charge is -2.03. The minimum Gasteiger partial charge on any atom is -0.447 e. The van der Waals surface area contributed by atoms with E-state index in [-0.39, 0.29) is 18.1 Å². The van der Waals surface area contributed by atoms with Gasteiger partial charge >= 0.3 is 6.09 Å². The number of aromatic nitrogens is 4. The van der Waals surface area contributed by atoms with Crippen molar-refractivity contribution in [3.8, 4) is 22.4 Å². The number of anilines is 1. The lowest BCUT2D eigenvalue weighted by Crippen LogP contribution is -2.17. The summed E-state index contributed by atoms with van der Waals surface area (Å²) in [5.41, 5.74) is 4.72. The number of aromatic amines is 2. The van der Waals surface area contributed by atoms with Gasteiger partial charge in [0, 0.05) is 18.1 Å². The number of hydrogen-bond acceptors (Lipinski definition) is 6. The molecular weight excluding hydrogens is 362 g/mol. The number of carbonyl (C=O) groups excluding carboxylic acids is 1. The number of hydrogen-bond donors (Lipinski definition) is 3.